The number of nitrogens with zero attached hydrogens (tertiary/aromatic N) is 5. The Kier molecular flexibility index (Phi) is 6.58. The lowest BCUT2D eigenvalue weighted by Crippen LogP contribution is -2.25. The van der Waals surface area contributed by atoms with Crippen LogP contribution >= 0.6 is 11.8 Å². The highest BCUT2D eigenvalue weighted by Crippen LogP contribution is 2.28. The number of benzene rings is 1. The number of carbonyl (C=O) groups excluding carboxylic acids is 1. The third kappa shape index (κ3) is 4.61. The summed E-state index contributed by atoms with van der Waals surface area (Å²) in [7, 11) is 1.64. The number of thioether (sulfide) groups is 1. The van der Waals surface area contributed by atoms with Crippen molar-refractivity contribution in [3.05, 3.63) is 36.5 Å². The molecular formula is C20H26N6O2S. The van der Waals surface area contributed by atoms with Gasteiger partial charge in [-0.15, -0.1) is 10.2 Å². The summed E-state index contributed by atoms with van der Waals surface area (Å²) >= 11 is 1.39. The van der Waals surface area contributed by atoms with Gasteiger partial charge in [0.25, 0.3) is 0 Å². The van der Waals surface area contributed by atoms with E-state index in [9.17, 15) is 4.79 Å². The van der Waals surface area contributed by atoms with Crippen molar-refractivity contribution in [3.8, 4) is 17.1 Å². The molecule has 1 atom stereocenters. The summed E-state index contributed by atoms with van der Waals surface area (Å²) in [5.74, 6) is 2.14. The fourth-order valence-electron chi connectivity index (χ4n) is 2.88. The third-order valence-electron chi connectivity index (χ3n) is 4.44. The molecular weight excluding hydrogens is 388 g/mol. The van der Waals surface area contributed by atoms with E-state index >= 15 is 0 Å². The van der Waals surface area contributed by atoms with E-state index < -0.39 is 0 Å². The van der Waals surface area contributed by atoms with E-state index in [0.717, 1.165) is 17.1 Å². The first-order valence-electron chi connectivity index (χ1n) is 9.53. The summed E-state index contributed by atoms with van der Waals surface area (Å²) in [6, 6.07) is 9.65. The Hall–Kier alpha value is -2.81. The van der Waals surface area contributed by atoms with Crippen molar-refractivity contribution in [3.63, 3.8) is 0 Å². The molecule has 0 saturated heterocycles. The molecule has 8 nitrogen and oxygen atoms in total. The largest absolute Gasteiger partial charge is 0.497 e. The van der Waals surface area contributed by atoms with Gasteiger partial charge in [0.1, 0.15) is 11.6 Å². The molecule has 1 amide bonds. The van der Waals surface area contributed by atoms with Gasteiger partial charge in [0.2, 0.25) is 5.91 Å². The van der Waals surface area contributed by atoms with Crippen LogP contribution in [0.5, 0.6) is 5.75 Å². The molecule has 0 saturated carbocycles. The van der Waals surface area contributed by atoms with Crippen LogP contribution in [-0.2, 0) is 11.3 Å². The second-order valence-electron chi connectivity index (χ2n) is 6.78. The normalized spacial score (nSPS) is 12.2. The number of carbonyl (C=O) groups is 1. The highest BCUT2D eigenvalue weighted by atomic mass is 32.2. The minimum absolute atomic E-state index is 0.103. The predicted molar refractivity (Wildman–Crippen MR) is 114 cm³/mol. The fourth-order valence-corrected chi connectivity index (χ4v) is 3.79. The van der Waals surface area contributed by atoms with Crippen LogP contribution in [0.25, 0.3) is 11.4 Å². The van der Waals surface area contributed by atoms with Crippen LogP contribution in [0.15, 0.2) is 41.7 Å². The molecule has 1 aromatic carbocycles. The summed E-state index contributed by atoms with van der Waals surface area (Å²) in [6.07, 6.45) is 1.68. The van der Waals surface area contributed by atoms with Crippen LogP contribution in [0.1, 0.15) is 33.7 Å². The molecule has 3 aromatic rings. The van der Waals surface area contributed by atoms with E-state index in [2.05, 4.69) is 20.6 Å². The molecule has 29 heavy (non-hydrogen) atoms. The van der Waals surface area contributed by atoms with Crippen LogP contribution in [0.3, 0.4) is 0 Å². The second kappa shape index (κ2) is 9.13. The molecule has 0 aliphatic heterocycles. The molecule has 0 bridgehead atoms. The quantitative estimate of drug-likeness (QED) is 0.563. The molecule has 0 fully saturated rings. The topological polar surface area (TPSA) is 86.9 Å². The van der Waals surface area contributed by atoms with Crippen molar-refractivity contribution in [2.75, 3.05) is 12.4 Å². The zero-order valence-corrected chi connectivity index (χ0v) is 18.1. The zero-order valence-electron chi connectivity index (χ0n) is 17.3. The van der Waals surface area contributed by atoms with Gasteiger partial charge in [-0.1, -0.05) is 11.8 Å². The van der Waals surface area contributed by atoms with E-state index in [1.54, 1.807) is 24.1 Å². The molecule has 2 aromatic heterocycles. The number of aromatic nitrogens is 5. The molecule has 0 aliphatic rings. The first-order valence-corrected chi connectivity index (χ1v) is 10.4. The van der Waals surface area contributed by atoms with Gasteiger partial charge in [0, 0.05) is 24.2 Å². The second-order valence-corrected chi connectivity index (χ2v) is 8.09. The Labute approximate surface area is 174 Å². The number of hydrogen-bond donors (Lipinski definition) is 1. The van der Waals surface area contributed by atoms with Crippen molar-refractivity contribution in [2.45, 2.75) is 50.7 Å². The Morgan fingerprint density at radius 2 is 1.90 bits per heavy atom. The molecule has 2 heterocycles. The molecule has 0 aliphatic carbocycles. The highest BCUT2D eigenvalue weighted by molar-refractivity contribution is 8.00. The van der Waals surface area contributed by atoms with Gasteiger partial charge >= 0.3 is 0 Å². The molecule has 1 unspecified atom stereocenters. The summed E-state index contributed by atoms with van der Waals surface area (Å²) in [6.45, 7) is 8.63. The van der Waals surface area contributed by atoms with Crippen LogP contribution in [0, 0.1) is 0 Å². The van der Waals surface area contributed by atoms with Crippen molar-refractivity contribution in [1.29, 1.82) is 0 Å². The van der Waals surface area contributed by atoms with Gasteiger partial charge in [0.15, 0.2) is 11.0 Å². The number of amides is 1. The average molecular weight is 415 g/mol. The lowest BCUT2D eigenvalue weighted by atomic mass is 10.2. The van der Waals surface area contributed by atoms with E-state index in [-0.39, 0.29) is 17.2 Å². The number of ether oxygens (including phenoxy) is 1. The standard InChI is InChI=1S/C20H26N6O2S/c1-6-25-18(15-7-9-16(28-5)10-8-15)23-24-20(25)29-14(4)19(27)22-17-11-12-21-26(17)13(2)3/h7-14H,6H2,1-5H3,(H,22,27). The summed E-state index contributed by atoms with van der Waals surface area (Å²) in [5, 5.41) is 16.2. The number of rotatable bonds is 8. The number of hydrogen-bond acceptors (Lipinski definition) is 6. The maximum absolute atomic E-state index is 12.7. The Bertz CT molecular complexity index is 964. The van der Waals surface area contributed by atoms with Gasteiger partial charge in [-0.2, -0.15) is 5.10 Å². The van der Waals surface area contributed by atoms with Crippen molar-refractivity contribution in [1.82, 2.24) is 24.5 Å². The number of anilines is 1. The lowest BCUT2D eigenvalue weighted by molar-refractivity contribution is -0.115. The number of methoxy groups -OCH3 is 1. The highest BCUT2D eigenvalue weighted by Gasteiger charge is 2.21. The molecule has 9 heteroatoms. The Balaban J connectivity index is 1.74. The average Bonchev–Trinajstić information content (AvgIpc) is 3.34. The van der Waals surface area contributed by atoms with Crippen molar-refractivity contribution in [2.24, 2.45) is 0 Å². The van der Waals surface area contributed by atoms with Crippen molar-refractivity contribution < 1.29 is 9.53 Å². The SMILES string of the molecule is CCn1c(SC(C)C(=O)Nc2ccnn2C(C)C)nnc1-c1ccc(OC)cc1. The third-order valence-corrected chi connectivity index (χ3v) is 5.52. The summed E-state index contributed by atoms with van der Waals surface area (Å²) in [5.41, 5.74) is 0.949. The van der Waals surface area contributed by atoms with E-state index in [0.29, 0.717) is 17.5 Å². The predicted octanol–water partition coefficient (Wildman–Crippen LogP) is 3.87. The van der Waals surface area contributed by atoms with E-state index in [1.165, 1.54) is 11.8 Å². The van der Waals surface area contributed by atoms with Gasteiger partial charge in [0.05, 0.1) is 18.6 Å². The molecule has 154 valence electrons. The minimum atomic E-state index is -0.344. The van der Waals surface area contributed by atoms with Gasteiger partial charge < -0.3 is 14.6 Å². The van der Waals surface area contributed by atoms with Gasteiger partial charge in [-0.05, 0) is 52.0 Å². The van der Waals surface area contributed by atoms with Crippen LogP contribution < -0.4 is 10.1 Å². The van der Waals surface area contributed by atoms with Crippen LogP contribution in [-0.4, -0.2) is 42.8 Å². The molecule has 0 radical (unpaired) electrons. The fraction of sp³-hybridized carbons (Fsp3) is 0.400. The summed E-state index contributed by atoms with van der Waals surface area (Å²) in [4.78, 5) is 12.7. The van der Waals surface area contributed by atoms with Crippen LogP contribution in [0.2, 0.25) is 0 Å². The maximum Gasteiger partial charge on any atom is 0.238 e. The lowest BCUT2D eigenvalue weighted by Gasteiger charge is -2.15. The first kappa shape index (κ1) is 20.9. The smallest absolute Gasteiger partial charge is 0.238 e. The van der Waals surface area contributed by atoms with Gasteiger partial charge in [-0.25, -0.2) is 4.68 Å². The first-order chi connectivity index (χ1) is 13.9. The van der Waals surface area contributed by atoms with Crippen LogP contribution in [0.4, 0.5) is 5.82 Å². The van der Waals surface area contributed by atoms with E-state index in [4.69, 9.17) is 4.74 Å². The van der Waals surface area contributed by atoms with Crippen molar-refractivity contribution >= 4 is 23.5 Å². The minimum Gasteiger partial charge on any atom is -0.497 e. The zero-order chi connectivity index (χ0) is 21.0. The maximum atomic E-state index is 12.7. The molecule has 1 N–H and O–H groups in total. The summed E-state index contributed by atoms with van der Waals surface area (Å²) < 4.78 is 9.01. The van der Waals surface area contributed by atoms with Gasteiger partial charge in [-0.3, -0.25) is 4.79 Å². The Morgan fingerprint density at radius 1 is 1.17 bits per heavy atom. The Morgan fingerprint density at radius 3 is 2.52 bits per heavy atom. The number of nitrogens with one attached hydrogen (secondary N) is 1. The van der Waals surface area contributed by atoms with E-state index in [1.807, 2.05) is 56.5 Å². The monoisotopic (exact) mass is 414 g/mol. The molecule has 3 rings (SSSR count). The molecule has 0 spiro atoms.